The Morgan fingerprint density at radius 1 is 0.838 bits per heavy atom. The SMILES string of the molecule is [C-]#[N+]c1ccc2c(c1)oc1c(-c3c4ccc5c(c4cc[n+]3C)C(C)(C)c3ccccc3-5)c(C)c(C)cc12. The van der Waals surface area contributed by atoms with Gasteiger partial charge in [-0.15, -0.1) is 0 Å². The lowest BCUT2D eigenvalue weighted by Gasteiger charge is -2.23. The van der Waals surface area contributed by atoms with Crippen molar-refractivity contribution in [3.63, 3.8) is 0 Å². The second-order valence-electron chi connectivity index (χ2n) is 10.9. The predicted molar refractivity (Wildman–Crippen MR) is 151 cm³/mol. The molecule has 1 aliphatic carbocycles. The van der Waals surface area contributed by atoms with Gasteiger partial charge >= 0.3 is 0 Å². The highest BCUT2D eigenvalue weighted by atomic mass is 16.3. The van der Waals surface area contributed by atoms with E-state index in [2.05, 4.69) is 98.9 Å². The number of hydrogen-bond donors (Lipinski definition) is 0. The van der Waals surface area contributed by atoms with Crippen LogP contribution in [0.3, 0.4) is 0 Å². The van der Waals surface area contributed by atoms with Crippen molar-refractivity contribution in [1.29, 1.82) is 0 Å². The fourth-order valence-electron chi connectivity index (χ4n) is 6.54. The Bertz CT molecular complexity index is 2000. The Morgan fingerprint density at radius 2 is 1.62 bits per heavy atom. The van der Waals surface area contributed by atoms with E-state index < -0.39 is 0 Å². The zero-order chi connectivity index (χ0) is 25.6. The molecule has 3 heteroatoms. The number of aromatic nitrogens is 1. The molecule has 0 atom stereocenters. The number of rotatable bonds is 1. The fourth-order valence-corrected chi connectivity index (χ4v) is 6.54. The Morgan fingerprint density at radius 3 is 2.43 bits per heavy atom. The van der Waals surface area contributed by atoms with Gasteiger partial charge in [0.05, 0.1) is 17.5 Å². The molecule has 2 aromatic heterocycles. The summed E-state index contributed by atoms with van der Waals surface area (Å²) >= 11 is 0. The van der Waals surface area contributed by atoms with Crippen molar-refractivity contribution in [2.24, 2.45) is 7.05 Å². The number of fused-ring (bicyclic) bond motifs is 8. The molecule has 6 aromatic rings. The molecule has 0 unspecified atom stereocenters. The first-order valence-corrected chi connectivity index (χ1v) is 12.7. The van der Waals surface area contributed by atoms with Gasteiger partial charge in [-0.25, -0.2) is 9.41 Å². The highest BCUT2D eigenvalue weighted by Gasteiger charge is 2.38. The van der Waals surface area contributed by atoms with Crippen molar-refractivity contribution in [3.05, 3.63) is 107 Å². The number of furan rings is 1. The minimum atomic E-state index is -0.0882. The Kier molecular flexibility index (Phi) is 4.31. The van der Waals surface area contributed by atoms with Crippen LogP contribution < -0.4 is 4.57 Å². The molecule has 0 amide bonds. The first-order chi connectivity index (χ1) is 17.8. The van der Waals surface area contributed by atoms with Crippen LogP contribution in [0.5, 0.6) is 0 Å². The van der Waals surface area contributed by atoms with Crippen LogP contribution in [-0.2, 0) is 12.5 Å². The minimum absolute atomic E-state index is 0.0882. The van der Waals surface area contributed by atoms with Gasteiger partial charge in [0.1, 0.15) is 18.2 Å². The molecule has 0 spiro atoms. The third-order valence-corrected chi connectivity index (χ3v) is 8.47. The van der Waals surface area contributed by atoms with E-state index in [0.717, 1.165) is 33.2 Å². The normalized spacial score (nSPS) is 13.7. The van der Waals surface area contributed by atoms with E-state index >= 15 is 0 Å². The summed E-state index contributed by atoms with van der Waals surface area (Å²) in [6.07, 6.45) is 2.18. The molecule has 2 heterocycles. The number of aryl methyl sites for hydroxylation is 2. The topological polar surface area (TPSA) is 21.4 Å². The zero-order valence-electron chi connectivity index (χ0n) is 21.7. The molecule has 178 valence electrons. The Balaban J connectivity index is 1.61. The number of benzene rings is 4. The van der Waals surface area contributed by atoms with Gasteiger partial charge in [-0.05, 0) is 70.8 Å². The van der Waals surface area contributed by atoms with Crippen LogP contribution in [0.1, 0.15) is 36.1 Å². The number of nitrogens with zero attached hydrogens (tertiary/aromatic N) is 2. The molecular weight excluding hydrogens is 452 g/mol. The van der Waals surface area contributed by atoms with Crippen LogP contribution >= 0.6 is 0 Å². The molecule has 0 aliphatic heterocycles. The maximum atomic E-state index is 7.44. The highest BCUT2D eigenvalue weighted by Crippen LogP contribution is 2.52. The van der Waals surface area contributed by atoms with E-state index in [0.29, 0.717) is 5.69 Å². The smallest absolute Gasteiger partial charge is 0.224 e. The summed E-state index contributed by atoms with van der Waals surface area (Å²) in [7, 11) is 2.12. The lowest BCUT2D eigenvalue weighted by molar-refractivity contribution is -0.659. The molecule has 37 heavy (non-hydrogen) atoms. The van der Waals surface area contributed by atoms with Crippen molar-refractivity contribution in [1.82, 2.24) is 0 Å². The second kappa shape index (κ2) is 7.31. The van der Waals surface area contributed by atoms with Gasteiger partial charge in [0, 0.05) is 22.3 Å². The molecule has 0 saturated heterocycles. The van der Waals surface area contributed by atoms with Gasteiger partial charge in [0.25, 0.3) is 0 Å². The second-order valence-corrected chi connectivity index (χ2v) is 10.9. The monoisotopic (exact) mass is 479 g/mol. The predicted octanol–water partition coefficient (Wildman–Crippen LogP) is 8.70. The third-order valence-electron chi connectivity index (χ3n) is 8.47. The zero-order valence-corrected chi connectivity index (χ0v) is 21.7. The van der Waals surface area contributed by atoms with Gasteiger partial charge < -0.3 is 4.42 Å². The van der Waals surface area contributed by atoms with Crippen molar-refractivity contribution in [3.8, 4) is 22.4 Å². The Hall–Kier alpha value is -4.42. The van der Waals surface area contributed by atoms with E-state index in [4.69, 9.17) is 11.0 Å². The van der Waals surface area contributed by atoms with Gasteiger partial charge in [-0.2, -0.15) is 0 Å². The van der Waals surface area contributed by atoms with Gasteiger partial charge in [-0.3, -0.25) is 0 Å². The van der Waals surface area contributed by atoms with Crippen molar-refractivity contribution in [2.45, 2.75) is 33.1 Å². The van der Waals surface area contributed by atoms with Gasteiger partial charge in [0.2, 0.25) is 5.69 Å². The van der Waals surface area contributed by atoms with Crippen molar-refractivity contribution < 1.29 is 8.98 Å². The summed E-state index contributed by atoms with van der Waals surface area (Å²) in [5.41, 5.74) is 12.3. The quantitative estimate of drug-likeness (QED) is 0.171. The fraction of sp³-hybridized carbons (Fsp3) is 0.176. The van der Waals surface area contributed by atoms with Crippen LogP contribution in [0.4, 0.5) is 5.69 Å². The average molecular weight is 480 g/mol. The maximum absolute atomic E-state index is 7.44. The summed E-state index contributed by atoms with van der Waals surface area (Å²) in [4.78, 5) is 3.61. The maximum Gasteiger partial charge on any atom is 0.224 e. The molecule has 0 bridgehead atoms. The Labute approximate surface area is 216 Å². The molecular formula is C34H27N2O+. The molecule has 0 N–H and O–H groups in total. The van der Waals surface area contributed by atoms with Crippen molar-refractivity contribution in [2.75, 3.05) is 0 Å². The summed E-state index contributed by atoms with van der Waals surface area (Å²) in [6.45, 7) is 16.5. The summed E-state index contributed by atoms with van der Waals surface area (Å²) in [5, 5.41) is 4.65. The van der Waals surface area contributed by atoms with Gasteiger partial charge in [-0.1, -0.05) is 56.3 Å². The lowest BCUT2D eigenvalue weighted by atomic mass is 9.80. The van der Waals surface area contributed by atoms with Crippen molar-refractivity contribution >= 4 is 38.4 Å². The minimum Gasteiger partial charge on any atom is -0.456 e. The van der Waals surface area contributed by atoms with E-state index in [1.807, 2.05) is 18.2 Å². The highest BCUT2D eigenvalue weighted by molar-refractivity contribution is 6.13. The largest absolute Gasteiger partial charge is 0.456 e. The van der Waals surface area contributed by atoms with Crippen LogP contribution in [-0.4, -0.2) is 0 Å². The number of pyridine rings is 1. The molecule has 0 fully saturated rings. The van der Waals surface area contributed by atoms with E-state index in [-0.39, 0.29) is 5.41 Å². The van der Waals surface area contributed by atoms with Crippen LogP contribution in [0, 0.1) is 20.4 Å². The first kappa shape index (κ1) is 21.8. The molecule has 0 saturated carbocycles. The van der Waals surface area contributed by atoms with Crippen LogP contribution in [0.15, 0.2) is 77.3 Å². The molecule has 1 aliphatic rings. The average Bonchev–Trinajstić information content (AvgIpc) is 3.37. The first-order valence-electron chi connectivity index (χ1n) is 12.7. The summed E-state index contributed by atoms with van der Waals surface area (Å²) in [5.74, 6) is 0. The van der Waals surface area contributed by atoms with Crippen LogP contribution in [0.25, 0.3) is 59.9 Å². The number of hydrogen-bond acceptors (Lipinski definition) is 1. The molecule has 3 nitrogen and oxygen atoms in total. The van der Waals surface area contributed by atoms with E-state index in [9.17, 15) is 0 Å². The van der Waals surface area contributed by atoms with E-state index in [1.165, 1.54) is 44.2 Å². The van der Waals surface area contributed by atoms with Crippen LogP contribution in [0.2, 0.25) is 0 Å². The molecule has 7 rings (SSSR count). The summed E-state index contributed by atoms with van der Waals surface area (Å²) in [6, 6.07) is 23.6. The molecule has 0 radical (unpaired) electrons. The van der Waals surface area contributed by atoms with E-state index in [1.54, 1.807) is 0 Å². The van der Waals surface area contributed by atoms with Gasteiger partial charge in [0.15, 0.2) is 11.9 Å². The molecule has 4 aromatic carbocycles. The standard InChI is InChI=1S/C34H27N2O/c1-19-17-27-23-12-11-21(35-5)18-29(23)37-33(27)30(20(19)2)32-26-14-13-24-22-9-7-8-10-28(22)34(3,4)31(24)25(26)15-16-36(32)6/h7-18H,1-4,6H3/q+1. The summed E-state index contributed by atoms with van der Waals surface area (Å²) < 4.78 is 8.77. The third kappa shape index (κ3) is 2.79. The lowest BCUT2D eigenvalue weighted by Crippen LogP contribution is -2.31.